The zero-order valence-corrected chi connectivity index (χ0v) is 11.4. The van der Waals surface area contributed by atoms with E-state index in [1.165, 1.54) is 12.6 Å². The van der Waals surface area contributed by atoms with E-state index in [1.54, 1.807) is 13.8 Å². The van der Waals surface area contributed by atoms with Crippen molar-refractivity contribution in [3.63, 3.8) is 0 Å². The van der Waals surface area contributed by atoms with Crippen LogP contribution < -0.4 is 11.1 Å². The summed E-state index contributed by atoms with van der Waals surface area (Å²) in [6.45, 7) is 3.42. The summed E-state index contributed by atoms with van der Waals surface area (Å²) in [6.07, 6.45) is 2.45. The topological polar surface area (TPSA) is 98.0 Å². The second-order valence-electron chi connectivity index (χ2n) is 4.31. The van der Waals surface area contributed by atoms with Crippen molar-refractivity contribution < 1.29 is 8.42 Å². The quantitative estimate of drug-likeness (QED) is 0.851. The van der Waals surface area contributed by atoms with Gasteiger partial charge in [0.2, 0.25) is 0 Å². The van der Waals surface area contributed by atoms with Gasteiger partial charge in [0.15, 0.2) is 15.7 Å². The highest BCUT2D eigenvalue weighted by molar-refractivity contribution is 7.92. The van der Waals surface area contributed by atoms with Crippen molar-refractivity contribution in [2.24, 2.45) is 0 Å². The summed E-state index contributed by atoms with van der Waals surface area (Å²) in [5.41, 5.74) is 5.50. The number of nitrogen functional groups attached to an aromatic ring is 1. The predicted molar refractivity (Wildman–Crippen MR) is 68.9 cm³/mol. The van der Waals surface area contributed by atoms with Gasteiger partial charge in [0, 0.05) is 12.8 Å². The SMILES string of the molecule is CC(C)(CNc1ncnc(N)c1Cl)S(C)(=O)=O. The fourth-order valence-electron chi connectivity index (χ4n) is 0.934. The van der Waals surface area contributed by atoms with Crippen LogP contribution in [0, 0.1) is 0 Å². The zero-order valence-electron chi connectivity index (χ0n) is 9.86. The van der Waals surface area contributed by atoms with Gasteiger partial charge >= 0.3 is 0 Å². The molecule has 17 heavy (non-hydrogen) atoms. The fourth-order valence-corrected chi connectivity index (χ4v) is 1.43. The fraction of sp³-hybridized carbons (Fsp3) is 0.556. The minimum Gasteiger partial charge on any atom is -0.382 e. The summed E-state index contributed by atoms with van der Waals surface area (Å²) in [4.78, 5) is 7.60. The Morgan fingerprint density at radius 2 is 2.06 bits per heavy atom. The van der Waals surface area contributed by atoms with Crippen LogP contribution in [0.2, 0.25) is 5.02 Å². The van der Waals surface area contributed by atoms with E-state index in [1.807, 2.05) is 0 Å². The van der Waals surface area contributed by atoms with Crippen molar-refractivity contribution in [1.82, 2.24) is 9.97 Å². The number of halogens is 1. The Morgan fingerprint density at radius 3 is 2.59 bits per heavy atom. The van der Waals surface area contributed by atoms with Gasteiger partial charge in [-0.15, -0.1) is 0 Å². The first-order valence-corrected chi connectivity index (χ1v) is 7.11. The molecule has 1 rings (SSSR count). The van der Waals surface area contributed by atoms with E-state index < -0.39 is 14.6 Å². The molecule has 0 fully saturated rings. The van der Waals surface area contributed by atoms with E-state index in [0.29, 0.717) is 5.82 Å². The molecule has 0 aliphatic carbocycles. The molecule has 6 nitrogen and oxygen atoms in total. The zero-order chi connectivity index (χ0) is 13.3. The monoisotopic (exact) mass is 278 g/mol. The molecule has 3 N–H and O–H groups in total. The number of hydrogen-bond acceptors (Lipinski definition) is 6. The maximum absolute atomic E-state index is 11.5. The van der Waals surface area contributed by atoms with Gasteiger partial charge in [-0.25, -0.2) is 18.4 Å². The van der Waals surface area contributed by atoms with Crippen LogP contribution in [0.1, 0.15) is 13.8 Å². The molecule has 8 heteroatoms. The normalized spacial score (nSPS) is 12.5. The van der Waals surface area contributed by atoms with Crippen LogP contribution in [-0.4, -0.2) is 35.9 Å². The van der Waals surface area contributed by atoms with Gasteiger partial charge in [0.25, 0.3) is 0 Å². The summed E-state index contributed by atoms with van der Waals surface area (Å²) >= 11 is 5.87. The van der Waals surface area contributed by atoms with Crippen LogP contribution >= 0.6 is 11.6 Å². The smallest absolute Gasteiger partial charge is 0.154 e. The summed E-state index contributed by atoms with van der Waals surface area (Å²) in [5, 5.41) is 3.05. The lowest BCUT2D eigenvalue weighted by atomic mass is 10.2. The van der Waals surface area contributed by atoms with Gasteiger partial charge in [-0.05, 0) is 13.8 Å². The van der Waals surface area contributed by atoms with Crippen LogP contribution in [0.5, 0.6) is 0 Å². The summed E-state index contributed by atoms with van der Waals surface area (Å²) < 4.78 is 22.1. The maximum atomic E-state index is 11.5. The average Bonchev–Trinajstić information content (AvgIpc) is 2.18. The molecule has 0 radical (unpaired) electrons. The molecular formula is C9H15ClN4O2S. The van der Waals surface area contributed by atoms with Crippen LogP contribution in [-0.2, 0) is 9.84 Å². The third-order valence-corrected chi connectivity index (χ3v) is 5.03. The molecule has 0 aliphatic rings. The molecule has 1 heterocycles. The molecule has 0 spiro atoms. The molecular weight excluding hydrogens is 264 g/mol. The Labute approximate surface area is 106 Å². The maximum Gasteiger partial charge on any atom is 0.154 e. The van der Waals surface area contributed by atoms with Crippen LogP contribution in [0.15, 0.2) is 6.33 Å². The second-order valence-corrected chi connectivity index (χ2v) is 7.33. The molecule has 0 saturated heterocycles. The number of anilines is 2. The van der Waals surface area contributed by atoms with Gasteiger partial charge in [-0.3, -0.25) is 0 Å². The van der Waals surface area contributed by atoms with Gasteiger partial charge in [0.1, 0.15) is 17.2 Å². The average molecular weight is 279 g/mol. The van der Waals surface area contributed by atoms with Crippen LogP contribution in [0.4, 0.5) is 11.6 Å². The van der Waals surface area contributed by atoms with Gasteiger partial charge in [-0.2, -0.15) is 0 Å². The Morgan fingerprint density at radius 1 is 1.47 bits per heavy atom. The number of rotatable bonds is 4. The molecule has 0 atom stereocenters. The number of aromatic nitrogens is 2. The lowest BCUT2D eigenvalue weighted by molar-refractivity contribution is 0.559. The second kappa shape index (κ2) is 4.66. The standard InChI is InChI=1S/C9H15ClN4O2S/c1-9(2,17(3,15)16)4-12-8-6(10)7(11)13-5-14-8/h5H,4H2,1-3H3,(H3,11,12,13,14). The highest BCUT2D eigenvalue weighted by atomic mass is 35.5. The molecule has 1 aromatic rings. The third kappa shape index (κ3) is 3.19. The Bertz CT molecular complexity index is 516. The molecule has 96 valence electrons. The lowest BCUT2D eigenvalue weighted by Crippen LogP contribution is -2.38. The summed E-state index contributed by atoms with van der Waals surface area (Å²) in [5.74, 6) is 0.484. The molecule has 0 amide bonds. The summed E-state index contributed by atoms with van der Waals surface area (Å²) in [6, 6.07) is 0. The lowest BCUT2D eigenvalue weighted by Gasteiger charge is -2.23. The largest absolute Gasteiger partial charge is 0.382 e. The van der Waals surface area contributed by atoms with Crippen molar-refractivity contribution in [3.8, 4) is 0 Å². The minimum atomic E-state index is -3.18. The minimum absolute atomic E-state index is 0.154. The number of sulfone groups is 1. The molecule has 0 aliphatic heterocycles. The van der Waals surface area contributed by atoms with Gasteiger partial charge in [-0.1, -0.05) is 11.6 Å². The van der Waals surface area contributed by atoms with Crippen molar-refractivity contribution >= 4 is 33.1 Å². The highest BCUT2D eigenvalue weighted by Gasteiger charge is 2.30. The van der Waals surface area contributed by atoms with Crippen LogP contribution in [0.25, 0.3) is 0 Å². The van der Waals surface area contributed by atoms with E-state index >= 15 is 0 Å². The first-order chi connectivity index (χ1) is 7.65. The van der Waals surface area contributed by atoms with E-state index in [0.717, 1.165) is 0 Å². The number of nitrogens with zero attached hydrogens (tertiary/aromatic N) is 2. The van der Waals surface area contributed by atoms with Gasteiger partial charge < -0.3 is 11.1 Å². The van der Waals surface area contributed by atoms with E-state index in [2.05, 4.69) is 15.3 Å². The number of hydrogen-bond donors (Lipinski definition) is 2. The van der Waals surface area contributed by atoms with E-state index in [4.69, 9.17) is 17.3 Å². The molecule has 0 unspecified atom stereocenters. The molecule has 1 aromatic heterocycles. The number of nitrogens with one attached hydrogen (secondary N) is 1. The molecule has 0 bridgehead atoms. The van der Waals surface area contributed by atoms with Gasteiger partial charge in [0.05, 0.1) is 4.75 Å². The van der Waals surface area contributed by atoms with Crippen LogP contribution in [0.3, 0.4) is 0 Å². The Hall–Kier alpha value is -1.08. The highest BCUT2D eigenvalue weighted by Crippen LogP contribution is 2.24. The van der Waals surface area contributed by atoms with Crippen molar-refractivity contribution in [3.05, 3.63) is 11.3 Å². The third-order valence-electron chi connectivity index (χ3n) is 2.50. The Kier molecular flexibility index (Phi) is 3.83. The molecule has 0 aromatic carbocycles. The van der Waals surface area contributed by atoms with Crippen molar-refractivity contribution in [1.29, 1.82) is 0 Å². The predicted octanol–water partition coefficient (Wildman–Crippen LogP) is 0.947. The van der Waals surface area contributed by atoms with E-state index in [-0.39, 0.29) is 17.4 Å². The summed E-state index contributed by atoms with van der Waals surface area (Å²) in [7, 11) is -3.18. The van der Waals surface area contributed by atoms with E-state index in [9.17, 15) is 8.42 Å². The van der Waals surface area contributed by atoms with Crippen molar-refractivity contribution in [2.45, 2.75) is 18.6 Å². The first kappa shape index (κ1) is 14.0. The first-order valence-electron chi connectivity index (χ1n) is 4.84. The number of nitrogens with two attached hydrogens (primary N) is 1. The Balaban J connectivity index is 2.85. The molecule has 0 saturated carbocycles. The van der Waals surface area contributed by atoms with Crippen molar-refractivity contribution in [2.75, 3.05) is 23.9 Å².